The maximum Gasteiger partial charge on any atom is 0.253 e. The van der Waals surface area contributed by atoms with Crippen molar-refractivity contribution < 1.29 is 9.53 Å². The van der Waals surface area contributed by atoms with E-state index in [2.05, 4.69) is 47.4 Å². The van der Waals surface area contributed by atoms with Gasteiger partial charge in [0.1, 0.15) is 0 Å². The van der Waals surface area contributed by atoms with Crippen molar-refractivity contribution in [1.82, 2.24) is 4.90 Å². The number of carbonyl (C=O) groups excluding carboxylic acids is 1. The minimum absolute atomic E-state index is 0.104. The molecule has 1 amide bonds. The van der Waals surface area contributed by atoms with Crippen LogP contribution in [0.15, 0.2) is 66.8 Å². The Hall–Kier alpha value is -2.43. The number of benzene rings is 2. The molecule has 3 aliphatic rings. The van der Waals surface area contributed by atoms with E-state index in [1.54, 1.807) is 0 Å². The molecular weight excluding hydrogens is 396 g/mol. The summed E-state index contributed by atoms with van der Waals surface area (Å²) in [7, 11) is 0. The number of hydrogen-bond acceptors (Lipinski definition) is 3. The van der Waals surface area contributed by atoms with Crippen LogP contribution >= 0.6 is 0 Å². The number of carbonyl (C=O) groups is 1. The van der Waals surface area contributed by atoms with Gasteiger partial charge < -0.3 is 15.4 Å². The van der Waals surface area contributed by atoms with E-state index >= 15 is 0 Å². The Kier molecular flexibility index (Phi) is 6.16. The van der Waals surface area contributed by atoms with Crippen molar-refractivity contribution in [2.75, 3.05) is 19.6 Å². The zero-order valence-electron chi connectivity index (χ0n) is 18.8. The molecular formula is C28H34N2O2. The van der Waals surface area contributed by atoms with Crippen LogP contribution in [-0.4, -0.2) is 42.1 Å². The molecule has 4 nitrogen and oxygen atoms in total. The van der Waals surface area contributed by atoms with E-state index in [1.165, 1.54) is 0 Å². The second kappa shape index (κ2) is 9.21. The molecule has 1 fully saturated rings. The fourth-order valence-corrected chi connectivity index (χ4v) is 6.01. The normalized spacial score (nSPS) is 28.5. The number of hydrogen-bond donors (Lipinski definition) is 1. The SMILES string of the molecule is NCCCCN(CC12CC=CCC1C1CC=CCC1O2)C(=O)c1ccc2ccccc2c1. The zero-order chi connectivity index (χ0) is 22.0. The monoisotopic (exact) mass is 430 g/mol. The van der Waals surface area contributed by atoms with Gasteiger partial charge in [-0.1, -0.05) is 54.6 Å². The van der Waals surface area contributed by atoms with Crippen LogP contribution < -0.4 is 5.73 Å². The lowest BCUT2D eigenvalue weighted by Crippen LogP contribution is -2.50. The number of nitrogens with two attached hydrogens (primary N) is 1. The van der Waals surface area contributed by atoms with Gasteiger partial charge in [0, 0.05) is 12.1 Å². The van der Waals surface area contributed by atoms with Crippen molar-refractivity contribution in [2.45, 2.75) is 50.2 Å². The summed E-state index contributed by atoms with van der Waals surface area (Å²) in [5.74, 6) is 1.14. The molecule has 0 radical (unpaired) electrons. The molecule has 1 saturated heterocycles. The molecule has 168 valence electrons. The van der Waals surface area contributed by atoms with Gasteiger partial charge in [0.15, 0.2) is 0 Å². The van der Waals surface area contributed by atoms with Crippen molar-refractivity contribution >= 4 is 16.7 Å². The Morgan fingerprint density at radius 3 is 2.69 bits per heavy atom. The van der Waals surface area contributed by atoms with Gasteiger partial charge in [-0.15, -0.1) is 0 Å². The highest BCUT2D eigenvalue weighted by atomic mass is 16.5. The third-order valence-corrected chi connectivity index (χ3v) is 7.64. The maximum absolute atomic E-state index is 13.8. The van der Waals surface area contributed by atoms with Gasteiger partial charge >= 0.3 is 0 Å². The largest absolute Gasteiger partial charge is 0.369 e. The quantitative estimate of drug-likeness (QED) is 0.492. The Morgan fingerprint density at radius 2 is 1.81 bits per heavy atom. The summed E-state index contributed by atoms with van der Waals surface area (Å²) in [4.78, 5) is 15.8. The number of allylic oxidation sites excluding steroid dienone is 2. The van der Waals surface area contributed by atoms with Gasteiger partial charge in [0.25, 0.3) is 5.91 Å². The molecule has 4 heteroatoms. The van der Waals surface area contributed by atoms with E-state index in [0.29, 0.717) is 24.9 Å². The molecule has 4 atom stereocenters. The lowest BCUT2D eigenvalue weighted by atomic mass is 9.70. The Labute approximate surface area is 191 Å². The van der Waals surface area contributed by atoms with Gasteiger partial charge in [-0.3, -0.25) is 4.79 Å². The van der Waals surface area contributed by atoms with Crippen molar-refractivity contribution in [3.05, 3.63) is 72.3 Å². The third-order valence-electron chi connectivity index (χ3n) is 7.64. The number of unbranched alkanes of at least 4 members (excludes halogenated alkanes) is 1. The van der Waals surface area contributed by atoms with E-state index in [0.717, 1.165) is 61.4 Å². The molecule has 5 rings (SSSR count). The molecule has 4 unspecified atom stereocenters. The molecule has 32 heavy (non-hydrogen) atoms. The molecule has 2 N–H and O–H groups in total. The second-order valence-corrected chi connectivity index (χ2v) is 9.63. The highest BCUT2D eigenvalue weighted by molar-refractivity contribution is 5.98. The number of amides is 1. The molecule has 2 aliphatic carbocycles. The Morgan fingerprint density at radius 1 is 1.00 bits per heavy atom. The van der Waals surface area contributed by atoms with E-state index in [4.69, 9.17) is 10.5 Å². The molecule has 0 saturated carbocycles. The third kappa shape index (κ3) is 4.02. The fraction of sp³-hybridized carbons (Fsp3) is 0.464. The zero-order valence-corrected chi connectivity index (χ0v) is 18.8. The maximum atomic E-state index is 13.8. The first-order chi connectivity index (χ1) is 15.7. The Bertz CT molecular complexity index is 1030. The first-order valence-corrected chi connectivity index (χ1v) is 12.2. The van der Waals surface area contributed by atoms with Crippen LogP contribution in [0.5, 0.6) is 0 Å². The first kappa shape index (κ1) is 21.4. The summed E-state index contributed by atoms with van der Waals surface area (Å²) in [5.41, 5.74) is 6.25. The van der Waals surface area contributed by atoms with Crippen LogP contribution in [0.3, 0.4) is 0 Å². The number of fused-ring (bicyclic) bond motifs is 4. The minimum atomic E-state index is -0.272. The predicted octanol–water partition coefficient (Wildman–Crippen LogP) is 5.09. The summed E-state index contributed by atoms with van der Waals surface area (Å²) >= 11 is 0. The first-order valence-electron chi connectivity index (χ1n) is 12.2. The van der Waals surface area contributed by atoms with Gasteiger partial charge in [-0.05, 0) is 79.8 Å². The van der Waals surface area contributed by atoms with E-state index < -0.39 is 0 Å². The van der Waals surface area contributed by atoms with Gasteiger partial charge in [-0.25, -0.2) is 0 Å². The highest BCUT2D eigenvalue weighted by Crippen LogP contribution is 2.51. The molecule has 2 aromatic rings. The van der Waals surface area contributed by atoms with E-state index in [9.17, 15) is 4.79 Å². The van der Waals surface area contributed by atoms with Crippen LogP contribution in [0, 0.1) is 11.8 Å². The van der Waals surface area contributed by atoms with Gasteiger partial charge in [0.2, 0.25) is 0 Å². The lowest BCUT2D eigenvalue weighted by Gasteiger charge is -2.41. The van der Waals surface area contributed by atoms with E-state index in [1.807, 2.05) is 24.3 Å². The number of nitrogens with zero attached hydrogens (tertiary/aromatic N) is 1. The second-order valence-electron chi connectivity index (χ2n) is 9.63. The molecule has 0 bridgehead atoms. The summed E-state index contributed by atoms with van der Waals surface area (Å²) in [6.07, 6.45) is 15.3. The van der Waals surface area contributed by atoms with Gasteiger partial charge in [-0.2, -0.15) is 0 Å². The number of ether oxygens (including phenoxy) is 1. The van der Waals surface area contributed by atoms with Crippen LogP contribution in [0.1, 0.15) is 48.9 Å². The standard InChI is InChI=1S/C28H34N2O2/c29-17-7-8-18-30(27(31)23-15-14-21-9-1-2-10-22(21)19-23)20-28-16-6-5-12-25(28)24-11-3-4-13-26(24)32-28/h1-6,9-10,14-15,19,24-26H,7-8,11-13,16-18,20,29H2. The number of rotatable bonds is 7. The minimum Gasteiger partial charge on any atom is -0.369 e. The van der Waals surface area contributed by atoms with Crippen LogP contribution in [0.4, 0.5) is 0 Å². The molecule has 0 spiro atoms. The van der Waals surface area contributed by atoms with Crippen molar-refractivity contribution in [3.8, 4) is 0 Å². The van der Waals surface area contributed by atoms with Crippen molar-refractivity contribution in [3.63, 3.8) is 0 Å². The topological polar surface area (TPSA) is 55.6 Å². The Balaban J connectivity index is 1.43. The predicted molar refractivity (Wildman–Crippen MR) is 129 cm³/mol. The van der Waals surface area contributed by atoms with Crippen molar-refractivity contribution in [1.29, 1.82) is 0 Å². The van der Waals surface area contributed by atoms with Crippen LogP contribution in [0.2, 0.25) is 0 Å². The van der Waals surface area contributed by atoms with Crippen LogP contribution in [0.25, 0.3) is 10.8 Å². The summed E-state index contributed by atoms with van der Waals surface area (Å²) in [6.45, 7) is 2.03. The average molecular weight is 431 g/mol. The highest BCUT2D eigenvalue weighted by Gasteiger charge is 2.55. The smallest absolute Gasteiger partial charge is 0.253 e. The van der Waals surface area contributed by atoms with Gasteiger partial charge in [0.05, 0.1) is 18.2 Å². The van der Waals surface area contributed by atoms with Crippen LogP contribution in [-0.2, 0) is 4.74 Å². The average Bonchev–Trinajstić information content (AvgIpc) is 3.17. The molecule has 2 aromatic carbocycles. The summed E-state index contributed by atoms with van der Waals surface area (Å²) in [6, 6.07) is 14.3. The summed E-state index contributed by atoms with van der Waals surface area (Å²) in [5, 5.41) is 2.26. The molecule has 1 heterocycles. The molecule has 0 aromatic heterocycles. The van der Waals surface area contributed by atoms with E-state index in [-0.39, 0.29) is 17.6 Å². The summed E-state index contributed by atoms with van der Waals surface area (Å²) < 4.78 is 6.83. The molecule has 1 aliphatic heterocycles. The van der Waals surface area contributed by atoms with Crippen molar-refractivity contribution in [2.24, 2.45) is 17.6 Å². The lowest BCUT2D eigenvalue weighted by molar-refractivity contribution is -0.0733. The fourth-order valence-electron chi connectivity index (χ4n) is 6.01.